The molecule has 136 valence electrons. The second-order valence-corrected chi connectivity index (χ2v) is 6.85. The molecule has 0 saturated heterocycles. The molecular formula is C21H20N4O2. The number of aromatic nitrogens is 2. The lowest BCUT2D eigenvalue weighted by Crippen LogP contribution is -2.23. The molecule has 2 aromatic carbocycles. The first-order chi connectivity index (χ1) is 13.0. The number of carbonyl (C=O) groups excluding carboxylic acids is 2. The van der Waals surface area contributed by atoms with Crippen LogP contribution in [-0.4, -0.2) is 21.6 Å². The number of nitrogens with zero attached hydrogens (tertiary/aromatic N) is 2. The Morgan fingerprint density at radius 2 is 1.85 bits per heavy atom. The van der Waals surface area contributed by atoms with E-state index in [0.717, 1.165) is 27.9 Å². The maximum Gasteiger partial charge on any atom is 0.251 e. The molecule has 0 bridgehead atoms. The van der Waals surface area contributed by atoms with Crippen molar-refractivity contribution in [1.82, 2.24) is 9.78 Å². The van der Waals surface area contributed by atoms with Crippen molar-refractivity contribution >= 4 is 23.3 Å². The van der Waals surface area contributed by atoms with Crippen molar-refractivity contribution in [2.75, 3.05) is 10.6 Å². The van der Waals surface area contributed by atoms with Crippen LogP contribution in [0.1, 0.15) is 23.6 Å². The minimum atomic E-state index is -0.650. The summed E-state index contributed by atoms with van der Waals surface area (Å²) in [7, 11) is 0. The lowest BCUT2D eigenvalue weighted by molar-refractivity contribution is -0.123. The molecule has 3 aromatic rings. The first-order valence-electron chi connectivity index (χ1n) is 8.83. The molecule has 0 aliphatic carbocycles. The number of anilines is 2. The van der Waals surface area contributed by atoms with Gasteiger partial charge in [-0.2, -0.15) is 5.10 Å². The molecule has 27 heavy (non-hydrogen) atoms. The number of fused-ring (bicyclic) bond motifs is 1. The Bertz CT molecular complexity index is 1000. The summed E-state index contributed by atoms with van der Waals surface area (Å²) in [6.45, 7) is 3.96. The second-order valence-electron chi connectivity index (χ2n) is 6.85. The van der Waals surface area contributed by atoms with Gasteiger partial charge in [-0.25, -0.2) is 4.68 Å². The zero-order chi connectivity index (χ0) is 19.0. The van der Waals surface area contributed by atoms with Crippen LogP contribution in [0, 0.1) is 13.8 Å². The number of amides is 2. The minimum Gasteiger partial charge on any atom is -0.326 e. The van der Waals surface area contributed by atoms with Crippen LogP contribution in [0.25, 0.3) is 11.1 Å². The van der Waals surface area contributed by atoms with Crippen LogP contribution >= 0.6 is 0 Å². The van der Waals surface area contributed by atoms with Crippen molar-refractivity contribution in [3.8, 4) is 11.1 Å². The molecule has 1 aliphatic rings. The second kappa shape index (κ2) is 6.72. The van der Waals surface area contributed by atoms with E-state index in [2.05, 4.69) is 15.7 Å². The Labute approximate surface area is 157 Å². The number of benzene rings is 2. The van der Waals surface area contributed by atoms with Gasteiger partial charge in [0.1, 0.15) is 11.9 Å². The van der Waals surface area contributed by atoms with Crippen LogP contribution in [0.3, 0.4) is 0 Å². The van der Waals surface area contributed by atoms with Gasteiger partial charge in [0.05, 0.1) is 12.6 Å². The topological polar surface area (TPSA) is 76.0 Å². The monoisotopic (exact) mass is 360 g/mol. The standard InChI is InChI=1S/C21H20N4O2/c1-13-8-14(2)10-16(9-13)23-19(26)11-18-21(27)24-20-17(12-22-25(18)20)15-6-4-3-5-7-15/h3-10,12,18H,11H2,1-2H3,(H,23,26)(H,24,27). The van der Waals surface area contributed by atoms with Gasteiger partial charge in [0.2, 0.25) is 5.91 Å². The normalized spacial score (nSPS) is 15.3. The molecule has 6 heteroatoms. The highest BCUT2D eigenvalue weighted by atomic mass is 16.2. The number of hydrogen-bond donors (Lipinski definition) is 2. The highest BCUT2D eigenvalue weighted by molar-refractivity contribution is 6.04. The Morgan fingerprint density at radius 3 is 2.56 bits per heavy atom. The number of carbonyl (C=O) groups is 2. The third kappa shape index (κ3) is 3.33. The molecular weight excluding hydrogens is 340 g/mol. The summed E-state index contributed by atoms with van der Waals surface area (Å²) in [5.74, 6) is 0.200. The van der Waals surface area contributed by atoms with Crippen molar-refractivity contribution in [2.24, 2.45) is 0 Å². The van der Waals surface area contributed by atoms with Crippen molar-refractivity contribution < 1.29 is 9.59 Å². The molecule has 1 atom stereocenters. The van der Waals surface area contributed by atoms with Gasteiger partial charge in [-0.15, -0.1) is 0 Å². The molecule has 1 aromatic heterocycles. The summed E-state index contributed by atoms with van der Waals surface area (Å²) in [6, 6.07) is 14.9. The molecule has 6 nitrogen and oxygen atoms in total. The fourth-order valence-electron chi connectivity index (χ4n) is 3.48. The van der Waals surface area contributed by atoms with Crippen LogP contribution in [0.2, 0.25) is 0 Å². The summed E-state index contributed by atoms with van der Waals surface area (Å²) >= 11 is 0. The van der Waals surface area contributed by atoms with Crippen LogP contribution in [0.15, 0.2) is 54.7 Å². The summed E-state index contributed by atoms with van der Waals surface area (Å²) in [5.41, 5.74) is 4.71. The first kappa shape index (κ1) is 17.0. The number of rotatable bonds is 4. The van der Waals surface area contributed by atoms with Gasteiger partial charge in [0.25, 0.3) is 5.91 Å². The van der Waals surface area contributed by atoms with Crippen molar-refractivity contribution in [3.63, 3.8) is 0 Å². The van der Waals surface area contributed by atoms with Crippen molar-refractivity contribution in [1.29, 1.82) is 0 Å². The predicted molar refractivity (Wildman–Crippen MR) is 104 cm³/mol. The molecule has 2 heterocycles. The van der Waals surface area contributed by atoms with Crippen LogP contribution < -0.4 is 10.6 Å². The SMILES string of the molecule is Cc1cc(C)cc(NC(=O)CC2C(=O)Nc3c(-c4ccccc4)cnn32)c1. The van der Waals surface area contributed by atoms with Crippen molar-refractivity contribution in [2.45, 2.75) is 26.3 Å². The molecule has 0 spiro atoms. The van der Waals surface area contributed by atoms with Gasteiger partial charge in [-0.3, -0.25) is 9.59 Å². The Morgan fingerprint density at radius 1 is 1.15 bits per heavy atom. The maximum absolute atomic E-state index is 12.5. The van der Waals surface area contributed by atoms with E-state index in [1.165, 1.54) is 0 Å². The quantitative estimate of drug-likeness (QED) is 0.745. The van der Waals surface area contributed by atoms with Crippen LogP contribution in [0.5, 0.6) is 0 Å². The number of nitrogens with one attached hydrogen (secondary N) is 2. The van der Waals surface area contributed by atoms with Gasteiger partial charge < -0.3 is 10.6 Å². The summed E-state index contributed by atoms with van der Waals surface area (Å²) in [6.07, 6.45) is 1.75. The van der Waals surface area contributed by atoms with E-state index >= 15 is 0 Å². The molecule has 4 rings (SSSR count). The average molecular weight is 360 g/mol. The summed E-state index contributed by atoms with van der Waals surface area (Å²) < 4.78 is 1.60. The van der Waals surface area contributed by atoms with E-state index in [9.17, 15) is 9.59 Å². The van der Waals surface area contributed by atoms with E-state index in [1.54, 1.807) is 10.9 Å². The van der Waals surface area contributed by atoms with Gasteiger partial charge in [-0.1, -0.05) is 36.4 Å². The molecule has 2 amide bonds. The van der Waals surface area contributed by atoms with E-state index in [0.29, 0.717) is 5.82 Å². The van der Waals surface area contributed by atoms with Gasteiger partial charge in [0.15, 0.2) is 0 Å². The van der Waals surface area contributed by atoms with E-state index in [1.807, 2.05) is 62.4 Å². The van der Waals surface area contributed by atoms with Gasteiger partial charge >= 0.3 is 0 Å². The number of aryl methyl sites for hydroxylation is 2. The van der Waals surface area contributed by atoms with E-state index < -0.39 is 6.04 Å². The minimum absolute atomic E-state index is 0.0295. The van der Waals surface area contributed by atoms with Crippen LogP contribution in [0.4, 0.5) is 11.5 Å². The summed E-state index contributed by atoms with van der Waals surface area (Å²) in [4.78, 5) is 24.9. The Hall–Kier alpha value is -3.41. The zero-order valence-electron chi connectivity index (χ0n) is 15.2. The fourth-order valence-corrected chi connectivity index (χ4v) is 3.48. The smallest absolute Gasteiger partial charge is 0.251 e. The third-order valence-electron chi connectivity index (χ3n) is 4.60. The highest BCUT2D eigenvalue weighted by Crippen LogP contribution is 2.35. The number of hydrogen-bond acceptors (Lipinski definition) is 3. The maximum atomic E-state index is 12.5. The molecule has 2 N–H and O–H groups in total. The molecule has 1 unspecified atom stereocenters. The van der Waals surface area contributed by atoms with Gasteiger partial charge in [0, 0.05) is 11.3 Å². The van der Waals surface area contributed by atoms with E-state index in [4.69, 9.17) is 0 Å². The molecule has 0 radical (unpaired) electrons. The fraction of sp³-hybridized carbons (Fsp3) is 0.190. The zero-order valence-corrected chi connectivity index (χ0v) is 15.2. The lowest BCUT2D eigenvalue weighted by Gasteiger charge is -2.11. The largest absolute Gasteiger partial charge is 0.326 e. The Kier molecular flexibility index (Phi) is 4.24. The first-order valence-corrected chi connectivity index (χ1v) is 8.83. The van der Waals surface area contributed by atoms with Crippen molar-refractivity contribution in [3.05, 3.63) is 65.9 Å². The van der Waals surface area contributed by atoms with Crippen LogP contribution in [-0.2, 0) is 9.59 Å². The predicted octanol–water partition coefficient (Wildman–Crippen LogP) is 3.69. The molecule has 0 fully saturated rings. The van der Waals surface area contributed by atoms with E-state index in [-0.39, 0.29) is 18.2 Å². The lowest BCUT2D eigenvalue weighted by atomic mass is 10.1. The Balaban J connectivity index is 1.53. The highest BCUT2D eigenvalue weighted by Gasteiger charge is 2.35. The average Bonchev–Trinajstić information content (AvgIpc) is 3.14. The summed E-state index contributed by atoms with van der Waals surface area (Å²) in [5, 5.41) is 10.1. The molecule has 1 aliphatic heterocycles. The third-order valence-corrected chi connectivity index (χ3v) is 4.60. The molecule has 0 saturated carbocycles. The van der Waals surface area contributed by atoms with Gasteiger partial charge in [-0.05, 0) is 42.7 Å².